The van der Waals surface area contributed by atoms with Crippen LogP contribution >= 0.6 is 23.4 Å². The number of para-hydroxylation sites is 1. The van der Waals surface area contributed by atoms with Gasteiger partial charge in [0.2, 0.25) is 5.91 Å². The lowest BCUT2D eigenvalue weighted by Gasteiger charge is -2.09. The van der Waals surface area contributed by atoms with Crippen LogP contribution < -0.4 is 5.32 Å². The Labute approximate surface area is 160 Å². The first-order chi connectivity index (χ1) is 12.7. The molecule has 1 aliphatic rings. The number of benzene rings is 1. The predicted molar refractivity (Wildman–Crippen MR) is 102 cm³/mol. The Morgan fingerprint density at radius 3 is 2.81 bits per heavy atom. The van der Waals surface area contributed by atoms with Crippen molar-refractivity contribution in [3.8, 4) is 11.4 Å². The lowest BCUT2D eigenvalue weighted by atomic mass is 10.3. The Bertz CT molecular complexity index is 926. The van der Waals surface area contributed by atoms with E-state index in [1.54, 1.807) is 24.5 Å². The molecule has 3 aromatic rings. The zero-order chi connectivity index (χ0) is 17.9. The minimum atomic E-state index is -0.128. The predicted octanol–water partition coefficient (Wildman–Crippen LogP) is 4.06. The van der Waals surface area contributed by atoms with Gasteiger partial charge in [0.1, 0.15) is 0 Å². The van der Waals surface area contributed by atoms with Crippen LogP contribution in [0.5, 0.6) is 0 Å². The summed E-state index contributed by atoms with van der Waals surface area (Å²) in [6.07, 6.45) is 5.72. The van der Waals surface area contributed by atoms with E-state index in [2.05, 4.69) is 25.1 Å². The Balaban J connectivity index is 1.48. The Morgan fingerprint density at radius 2 is 2.08 bits per heavy atom. The number of carbonyl (C=O) groups is 1. The van der Waals surface area contributed by atoms with Gasteiger partial charge in [0.25, 0.3) is 0 Å². The second kappa shape index (κ2) is 7.47. The van der Waals surface area contributed by atoms with E-state index < -0.39 is 0 Å². The number of hydrogen-bond acceptors (Lipinski definition) is 5. The van der Waals surface area contributed by atoms with Crippen LogP contribution in [-0.2, 0) is 4.79 Å². The molecule has 1 N–H and O–H groups in total. The Morgan fingerprint density at radius 1 is 1.23 bits per heavy atom. The first kappa shape index (κ1) is 17.1. The quantitative estimate of drug-likeness (QED) is 0.648. The van der Waals surface area contributed by atoms with Crippen LogP contribution in [0.1, 0.15) is 18.9 Å². The average molecular weight is 386 g/mol. The highest BCUT2D eigenvalue weighted by atomic mass is 35.5. The number of nitrogens with zero attached hydrogens (tertiary/aromatic N) is 4. The van der Waals surface area contributed by atoms with Gasteiger partial charge in [-0.25, -0.2) is 0 Å². The van der Waals surface area contributed by atoms with Crippen molar-refractivity contribution in [2.75, 3.05) is 11.1 Å². The van der Waals surface area contributed by atoms with Crippen LogP contribution in [0.3, 0.4) is 0 Å². The second-order valence-corrected chi connectivity index (χ2v) is 7.32. The largest absolute Gasteiger partial charge is 0.324 e. The fourth-order valence-electron chi connectivity index (χ4n) is 2.61. The maximum Gasteiger partial charge on any atom is 0.234 e. The van der Waals surface area contributed by atoms with E-state index in [4.69, 9.17) is 11.6 Å². The molecular weight excluding hydrogens is 370 g/mol. The molecule has 1 saturated carbocycles. The monoisotopic (exact) mass is 385 g/mol. The summed E-state index contributed by atoms with van der Waals surface area (Å²) in [5, 5.41) is 12.7. The fourth-order valence-corrected chi connectivity index (χ4v) is 3.60. The summed E-state index contributed by atoms with van der Waals surface area (Å²) in [6.45, 7) is 0. The number of anilines is 1. The molecule has 132 valence electrons. The lowest BCUT2D eigenvalue weighted by Crippen LogP contribution is -2.15. The van der Waals surface area contributed by atoms with Crippen molar-refractivity contribution in [2.24, 2.45) is 0 Å². The van der Waals surface area contributed by atoms with E-state index in [-0.39, 0.29) is 11.7 Å². The third kappa shape index (κ3) is 3.73. The molecule has 0 atom stereocenters. The third-order valence-electron chi connectivity index (χ3n) is 3.98. The number of hydrogen-bond donors (Lipinski definition) is 1. The number of amides is 1. The van der Waals surface area contributed by atoms with Gasteiger partial charge in [-0.15, -0.1) is 10.2 Å². The maximum atomic E-state index is 12.3. The highest BCUT2D eigenvalue weighted by Crippen LogP contribution is 2.40. The topological polar surface area (TPSA) is 72.7 Å². The minimum absolute atomic E-state index is 0.128. The molecule has 0 bridgehead atoms. The summed E-state index contributed by atoms with van der Waals surface area (Å²) < 4.78 is 2.12. The normalized spacial score (nSPS) is 13.6. The van der Waals surface area contributed by atoms with Gasteiger partial charge in [0.15, 0.2) is 11.0 Å². The van der Waals surface area contributed by atoms with Gasteiger partial charge in [-0.1, -0.05) is 35.5 Å². The molecule has 1 aliphatic carbocycles. The molecule has 4 rings (SSSR count). The molecule has 6 nitrogen and oxygen atoms in total. The van der Waals surface area contributed by atoms with E-state index in [0.717, 1.165) is 29.4 Å². The number of thioether (sulfide) groups is 1. The number of carbonyl (C=O) groups excluding carboxylic acids is 1. The van der Waals surface area contributed by atoms with Crippen molar-refractivity contribution >= 4 is 35.0 Å². The molecule has 1 fully saturated rings. The smallest absolute Gasteiger partial charge is 0.234 e. The number of pyridine rings is 1. The van der Waals surface area contributed by atoms with Crippen molar-refractivity contribution in [3.05, 3.63) is 53.8 Å². The van der Waals surface area contributed by atoms with E-state index >= 15 is 0 Å². The molecule has 2 aromatic heterocycles. The molecule has 1 aromatic carbocycles. The summed E-state index contributed by atoms with van der Waals surface area (Å²) >= 11 is 7.46. The van der Waals surface area contributed by atoms with Crippen LogP contribution in [-0.4, -0.2) is 31.4 Å². The average Bonchev–Trinajstić information content (AvgIpc) is 3.42. The standard InChI is InChI=1S/C18H16ClN5OS/c19-14-5-1-2-6-15(14)21-16(25)11-26-18-23-22-17(24(18)13-7-8-13)12-4-3-9-20-10-12/h1-6,9-10,13H,7-8,11H2,(H,21,25). The molecular formula is C18H16ClN5OS. The Hall–Kier alpha value is -2.38. The highest BCUT2D eigenvalue weighted by molar-refractivity contribution is 7.99. The van der Waals surface area contributed by atoms with Gasteiger partial charge in [-0.3, -0.25) is 14.3 Å². The second-order valence-electron chi connectivity index (χ2n) is 5.97. The summed E-state index contributed by atoms with van der Waals surface area (Å²) in [5.41, 5.74) is 1.54. The van der Waals surface area contributed by atoms with Crippen molar-refractivity contribution in [2.45, 2.75) is 24.0 Å². The minimum Gasteiger partial charge on any atom is -0.324 e. The number of halogens is 1. The molecule has 0 spiro atoms. The SMILES string of the molecule is O=C(CSc1nnc(-c2cccnc2)n1C1CC1)Nc1ccccc1Cl. The van der Waals surface area contributed by atoms with E-state index in [1.165, 1.54) is 11.8 Å². The molecule has 26 heavy (non-hydrogen) atoms. The van der Waals surface area contributed by atoms with E-state index in [1.807, 2.05) is 24.3 Å². The van der Waals surface area contributed by atoms with Gasteiger partial charge in [0.05, 0.1) is 16.5 Å². The molecule has 0 aliphatic heterocycles. The lowest BCUT2D eigenvalue weighted by molar-refractivity contribution is -0.113. The van der Waals surface area contributed by atoms with Gasteiger partial charge < -0.3 is 5.32 Å². The third-order valence-corrected chi connectivity index (χ3v) is 5.25. The maximum absolute atomic E-state index is 12.3. The molecule has 2 heterocycles. The molecule has 8 heteroatoms. The van der Waals surface area contributed by atoms with Crippen molar-refractivity contribution < 1.29 is 4.79 Å². The van der Waals surface area contributed by atoms with Gasteiger partial charge in [0, 0.05) is 24.0 Å². The molecule has 1 amide bonds. The van der Waals surface area contributed by atoms with Crippen LogP contribution in [0.15, 0.2) is 53.9 Å². The molecule has 0 radical (unpaired) electrons. The first-order valence-electron chi connectivity index (χ1n) is 8.25. The van der Waals surface area contributed by atoms with Crippen LogP contribution in [0.2, 0.25) is 5.02 Å². The summed E-state index contributed by atoms with van der Waals surface area (Å²) in [4.78, 5) is 16.4. The first-order valence-corrected chi connectivity index (χ1v) is 9.61. The van der Waals surface area contributed by atoms with E-state index in [0.29, 0.717) is 16.8 Å². The summed E-state index contributed by atoms with van der Waals surface area (Å²) in [6, 6.07) is 11.4. The van der Waals surface area contributed by atoms with Crippen LogP contribution in [0, 0.1) is 0 Å². The summed E-state index contributed by atoms with van der Waals surface area (Å²) in [7, 11) is 0. The van der Waals surface area contributed by atoms with Gasteiger partial charge >= 0.3 is 0 Å². The van der Waals surface area contributed by atoms with Crippen LogP contribution in [0.4, 0.5) is 5.69 Å². The molecule has 0 saturated heterocycles. The molecule has 0 unspecified atom stereocenters. The van der Waals surface area contributed by atoms with Crippen LogP contribution in [0.25, 0.3) is 11.4 Å². The van der Waals surface area contributed by atoms with E-state index in [9.17, 15) is 4.79 Å². The number of aromatic nitrogens is 4. The van der Waals surface area contributed by atoms with Gasteiger partial charge in [-0.2, -0.15) is 0 Å². The number of nitrogens with one attached hydrogen (secondary N) is 1. The van der Waals surface area contributed by atoms with Gasteiger partial charge in [-0.05, 0) is 37.1 Å². The van der Waals surface area contributed by atoms with Crippen molar-refractivity contribution in [1.29, 1.82) is 0 Å². The Kier molecular flexibility index (Phi) is 4.90. The zero-order valence-corrected chi connectivity index (χ0v) is 15.4. The number of rotatable bonds is 6. The van der Waals surface area contributed by atoms with Crippen molar-refractivity contribution in [1.82, 2.24) is 19.7 Å². The highest BCUT2D eigenvalue weighted by Gasteiger charge is 2.30. The zero-order valence-electron chi connectivity index (χ0n) is 13.8. The fraction of sp³-hybridized carbons (Fsp3) is 0.222. The van der Waals surface area contributed by atoms with Crippen molar-refractivity contribution in [3.63, 3.8) is 0 Å². The summed E-state index contributed by atoms with van der Waals surface area (Å²) in [5.74, 6) is 0.911.